The zero-order valence-corrected chi connectivity index (χ0v) is 8.71. The number of aryl methyl sites for hydroxylation is 1. The molecule has 13 heavy (non-hydrogen) atoms. The van der Waals surface area contributed by atoms with Crippen LogP contribution in [0.2, 0.25) is 0 Å². The lowest BCUT2D eigenvalue weighted by Gasteiger charge is -2.11. The average molecular weight is 181 g/mol. The highest BCUT2D eigenvalue weighted by Crippen LogP contribution is 2.11. The topological polar surface area (TPSA) is 39.2 Å². The Kier molecular flexibility index (Phi) is 3.55. The van der Waals surface area contributed by atoms with Crippen LogP contribution < -0.4 is 5.73 Å². The van der Waals surface area contributed by atoms with Crippen molar-refractivity contribution >= 4 is 0 Å². The van der Waals surface area contributed by atoms with E-state index in [0.29, 0.717) is 5.92 Å². The van der Waals surface area contributed by atoms with Gasteiger partial charge in [0.05, 0.1) is 0 Å². The summed E-state index contributed by atoms with van der Waals surface area (Å²) < 4.78 is 5.46. The van der Waals surface area contributed by atoms with E-state index < -0.39 is 0 Å². The molecule has 1 atom stereocenters. The molecule has 2 N–H and O–H groups in total. The molecule has 1 rings (SSSR count). The molecule has 0 saturated heterocycles. The predicted octanol–water partition coefficient (Wildman–Crippen LogP) is 2.50. The van der Waals surface area contributed by atoms with Crippen molar-refractivity contribution in [3.63, 3.8) is 0 Å². The van der Waals surface area contributed by atoms with Gasteiger partial charge in [0.1, 0.15) is 11.5 Å². The van der Waals surface area contributed by atoms with E-state index in [9.17, 15) is 0 Å². The van der Waals surface area contributed by atoms with E-state index in [-0.39, 0.29) is 6.04 Å². The summed E-state index contributed by atoms with van der Waals surface area (Å²) in [6.07, 6.45) is 1.91. The largest absolute Gasteiger partial charge is 0.466 e. The van der Waals surface area contributed by atoms with Crippen molar-refractivity contribution in [2.45, 2.75) is 39.7 Å². The van der Waals surface area contributed by atoms with Crippen LogP contribution in [0.25, 0.3) is 0 Å². The van der Waals surface area contributed by atoms with Gasteiger partial charge in [0, 0.05) is 12.5 Å². The van der Waals surface area contributed by atoms with E-state index in [4.69, 9.17) is 10.2 Å². The zero-order valence-electron chi connectivity index (χ0n) is 8.71. The Hall–Kier alpha value is -0.760. The molecule has 1 aromatic rings. The van der Waals surface area contributed by atoms with Gasteiger partial charge in [-0.3, -0.25) is 0 Å². The van der Waals surface area contributed by atoms with Gasteiger partial charge in [0.25, 0.3) is 0 Å². The van der Waals surface area contributed by atoms with Crippen LogP contribution in [0.3, 0.4) is 0 Å². The summed E-state index contributed by atoms with van der Waals surface area (Å²) in [6.45, 7) is 6.33. The molecule has 1 unspecified atom stereocenters. The smallest absolute Gasteiger partial charge is 0.105 e. The Balaban J connectivity index is 2.40. The maximum absolute atomic E-state index is 5.96. The lowest BCUT2D eigenvalue weighted by molar-refractivity contribution is 0.430. The normalized spacial score (nSPS) is 13.6. The second-order valence-electron chi connectivity index (χ2n) is 4.11. The zero-order chi connectivity index (χ0) is 9.84. The first-order chi connectivity index (χ1) is 6.08. The second-order valence-corrected chi connectivity index (χ2v) is 4.11. The van der Waals surface area contributed by atoms with Crippen LogP contribution in [-0.2, 0) is 6.42 Å². The molecule has 2 heteroatoms. The molecule has 0 amide bonds. The van der Waals surface area contributed by atoms with Gasteiger partial charge in [-0.2, -0.15) is 0 Å². The average Bonchev–Trinajstić information content (AvgIpc) is 2.33. The summed E-state index contributed by atoms with van der Waals surface area (Å²) in [4.78, 5) is 0. The van der Waals surface area contributed by atoms with Crippen molar-refractivity contribution in [1.82, 2.24) is 0 Å². The Bertz CT molecular complexity index is 252. The van der Waals surface area contributed by atoms with Crippen molar-refractivity contribution in [3.05, 3.63) is 23.7 Å². The third-order valence-electron chi connectivity index (χ3n) is 2.03. The molecule has 74 valence electrons. The quantitative estimate of drug-likeness (QED) is 0.775. The molecule has 0 fully saturated rings. The predicted molar refractivity (Wildman–Crippen MR) is 54.6 cm³/mol. The first-order valence-electron chi connectivity index (χ1n) is 4.89. The van der Waals surface area contributed by atoms with E-state index in [1.807, 2.05) is 19.1 Å². The lowest BCUT2D eigenvalue weighted by atomic mass is 10.0. The number of furan rings is 1. The Morgan fingerprint density at radius 1 is 1.38 bits per heavy atom. The highest BCUT2D eigenvalue weighted by atomic mass is 16.3. The van der Waals surface area contributed by atoms with Crippen LogP contribution in [0.5, 0.6) is 0 Å². The summed E-state index contributed by atoms with van der Waals surface area (Å²) in [7, 11) is 0. The van der Waals surface area contributed by atoms with Crippen LogP contribution >= 0.6 is 0 Å². The van der Waals surface area contributed by atoms with Crippen LogP contribution in [0.4, 0.5) is 0 Å². The highest BCUT2D eigenvalue weighted by molar-refractivity contribution is 5.06. The Labute approximate surface area is 80.1 Å². The number of rotatable bonds is 4. The van der Waals surface area contributed by atoms with Gasteiger partial charge >= 0.3 is 0 Å². The molecular weight excluding hydrogens is 162 g/mol. The lowest BCUT2D eigenvalue weighted by Crippen LogP contribution is -2.24. The third-order valence-corrected chi connectivity index (χ3v) is 2.03. The molecule has 0 aliphatic carbocycles. The van der Waals surface area contributed by atoms with Gasteiger partial charge in [0.15, 0.2) is 0 Å². The third kappa shape index (κ3) is 3.64. The fraction of sp³-hybridized carbons (Fsp3) is 0.636. The molecule has 0 spiro atoms. The van der Waals surface area contributed by atoms with Gasteiger partial charge in [-0.1, -0.05) is 13.8 Å². The van der Waals surface area contributed by atoms with Crippen LogP contribution in [0.15, 0.2) is 16.5 Å². The fourth-order valence-corrected chi connectivity index (χ4v) is 1.54. The Morgan fingerprint density at radius 2 is 2.08 bits per heavy atom. The van der Waals surface area contributed by atoms with Crippen LogP contribution in [-0.4, -0.2) is 6.04 Å². The molecule has 0 radical (unpaired) electrons. The van der Waals surface area contributed by atoms with E-state index in [0.717, 1.165) is 24.4 Å². The molecule has 1 heterocycles. The van der Waals surface area contributed by atoms with E-state index in [1.54, 1.807) is 0 Å². The van der Waals surface area contributed by atoms with Crippen molar-refractivity contribution in [3.8, 4) is 0 Å². The summed E-state index contributed by atoms with van der Waals surface area (Å²) in [5.74, 6) is 2.63. The highest BCUT2D eigenvalue weighted by Gasteiger charge is 2.08. The van der Waals surface area contributed by atoms with Crippen LogP contribution in [0, 0.1) is 12.8 Å². The SMILES string of the molecule is Cc1ccc(CC(N)CC(C)C)o1. The minimum atomic E-state index is 0.227. The molecule has 1 aromatic heterocycles. The van der Waals surface area contributed by atoms with Crippen molar-refractivity contribution in [2.24, 2.45) is 11.7 Å². The van der Waals surface area contributed by atoms with Gasteiger partial charge in [-0.15, -0.1) is 0 Å². The molecule has 2 nitrogen and oxygen atoms in total. The fourth-order valence-electron chi connectivity index (χ4n) is 1.54. The summed E-state index contributed by atoms with van der Waals surface area (Å²) in [5, 5.41) is 0. The number of nitrogens with two attached hydrogens (primary N) is 1. The van der Waals surface area contributed by atoms with Crippen molar-refractivity contribution < 1.29 is 4.42 Å². The molecule has 0 bridgehead atoms. The first kappa shape index (κ1) is 10.3. The van der Waals surface area contributed by atoms with E-state index in [2.05, 4.69) is 13.8 Å². The minimum absolute atomic E-state index is 0.227. The summed E-state index contributed by atoms with van der Waals surface area (Å²) in [6, 6.07) is 4.22. The van der Waals surface area contributed by atoms with Gasteiger partial charge in [0.2, 0.25) is 0 Å². The van der Waals surface area contributed by atoms with Crippen LogP contribution in [0.1, 0.15) is 31.8 Å². The van der Waals surface area contributed by atoms with E-state index in [1.165, 1.54) is 0 Å². The first-order valence-corrected chi connectivity index (χ1v) is 4.89. The minimum Gasteiger partial charge on any atom is -0.466 e. The molecular formula is C11H19NO. The van der Waals surface area contributed by atoms with Crippen molar-refractivity contribution in [1.29, 1.82) is 0 Å². The molecule has 0 aromatic carbocycles. The Morgan fingerprint density at radius 3 is 2.54 bits per heavy atom. The molecule has 0 saturated carbocycles. The van der Waals surface area contributed by atoms with Crippen molar-refractivity contribution in [2.75, 3.05) is 0 Å². The maximum atomic E-state index is 5.96. The number of hydrogen-bond acceptors (Lipinski definition) is 2. The number of hydrogen-bond donors (Lipinski definition) is 1. The maximum Gasteiger partial charge on any atom is 0.105 e. The van der Waals surface area contributed by atoms with Gasteiger partial charge in [-0.25, -0.2) is 0 Å². The monoisotopic (exact) mass is 181 g/mol. The summed E-state index contributed by atoms with van der Waals surface area (Å²) >= 11 is 0. The van der Waals surface area contributed by atoms with Gasteiger partial charge < -0.3 is 10.2 Å². The van der Waals surface area contributed by atoms with E-state index >= 15 is 0 Å². The molecule has 0 aliphatic rings. The molecule has 0 aliphatic heterocycles. The van der Waals surface area contributed by atoms with Gasteiger partial charge in [-0.05, 0) is 31.4 Å². The standard InChI is InChI=1S/C11H19NO/c1-8(2)6-10(12)7-11-5-4-9(3)13-11/h4-5,8,10H,6-7,12H2,1-3H3. The summed E-state index contributed by atoms with van der Waals surface area (Å²) in [5.41, 5.74) is 5.96. The second kappa shape index (κ2) is 4.47.